The van der Waals surface area contributed by atoms with Crippen molar-refractivity contribution in [3.8, 4) is 0 Å². The standard InChI is InChI=1S/C13H16Br2N2O3S/c1-2-20-13(19)17-5-3-8(4-6-17)16-12(18)10-7-9(14)11(15)21-10/h7-8H,2-6H2,1H3,(H,16,18). The zero-order valence-corrected chi connectivity index (χ0v) is 15.5. The fourth-order valence-corrected chi connectivity index (χ4v) is 4.07. The highest BCUT2D eigenvalue weighted by atomic mass is 79.9. The van der Waals surface area contributed by atoms with Gasteiger partial charge < -0.3 is 15.0 Å². The first-order chi connectivity index (χ1) is 10.0. The molecule has 0 aliphatic carbocycles. The number of carbonyl (C=O) groups is 2. The third kappa shape index (κ3) is 4.43. The molecule has 0 radical (unpaired) electrons. The molecule has 1 aliphatic heterocycles. The highest BCUT2D eigenvalue weighted by molar-refractivity contribution is 9.13. The molecule has 1 aromatic rings. The third-order valence-corrected chi connectivity index (χ3v) is 6.48. The van der Waals surface area contributed by atoms with Gasteiger partial charge in [0.05, 0.1) is 15.3 Å². The van der Waals surface area contributed by atoms with Crippen molar-refractivity contribution in [2.75, 3.05) is 19.7 Å². The molecular formula is C13H16Br2N2O3S. The Hall–Kier alpha value is -0.600. The summed E-state index contributed by atoms with van der Waals surface area (Å²) in [6.45, 7) is 3.41. The van der Waals surface area contributed by atoms with Crippen LogP contribution in [0.4, 0.5) is 4.79 Å². The molecule has 5 nitrogen and oxygen atoms in total. The quantitative estimate of drug-likeness (QED) is 0.782. The second kappa shape index (κ2) is 7.60. The molecule has 0 spiro atoms. The molecule has 116 valence electrons. The van der Waals surface area contributed by atoms with E-state index in [2.05, 4.69) is 37.2 Å². The maximum Gasteiger partial charge on any atom is 0.409 e. The number of likely N-dealkylation sites (tertiary alicyclic amines) is 1. The van der Waals surface area contributed by atoms with Crippen molar-refractivity contribution >= 4 is 55.2 Å². The monoisotopic (exact) mass is 438 g/mol. The number of hydrogen-bond donors (Lipinski definition) is 1. The molecule has 21 heavy (non-hydrogen) atoms. The summed E-state index contributed by atoms with van der Waals surface area (Å²) in [5.41, 5.74) is 0. The van der Waals surface area contributed by atoms with Crippen LogP contribution in [0.3, 0.4) is 0 Å². The number of ether oxygens (including phenoxy) is 1. The Labute approximate surface area is 144 Å². The molecule has 1 N–H and O–H groups in total. The van der Waals surface area contributed by atoms with Crippen molar-refractivity contribution in [2.24, 2.45) is 0 Å². The first-order valence-electron chi connectivity index (χ1n) is 6.68. The molecule has 2 heterocycles. The van der Waals surface area contributed by atoms with E-state index in [1.54, 1.807) is 17.9 Å². The predicted molar refractivity (Wildman–Crippen MR) is 88.8 cm³/mol. The molecule has 1 aliphatic rings. The highest BCUT2D eigenvalue weighted by Crippen LogP contribution is 2.32. The Morgan fingerprint density at radius 1 is 1.43 bits per heavy atom. The van der Waals surface area contributed by atoms with Crippen LogP contribution in [0.2, 0.25) is 0 Å². The maximum atomic E-state index is 12.1. The average molecular weight is 440 g/mol. The lowest BCUT2D eigenvalue weighted by molar-refractivity contribution is 0.0862. The largest absolute Gasteiger partial charge is 0.450 e. The van der Waals surface area contributed by atoms with Crippen LogP contribution in [0.5, 0.6) is 0 Å². The first kappa shape index (κ1) is 16.8. The zero-order chi connectivity index (χ0) is 15.4. The molecule has 2 amide bonds. The Kier molecular flexibility index (Phi) is 6.07. The smallest absolute Gasteiger partial charge is 0.409 e. The molecule has 1 aromatic heterocycles. The van der Waals surface area contributed by atoms with Gasteiger partial charge in [-0.15, -0.1) is 11.3 Å². The van der Waals surface area contributed by atoms with Crippen LogP contribution in [-0.4, -0.2) is 42.6 Å². The van der Waals surface area contributed by atoms with Gasteiger partial charge in [0.25, 0.3) is 5.91 Å². The summed E-state index contributed by atoms with van der Waals surface area (Å²) in [5.74, 6) is -0.0685. The Morgan fingerprint density at radius 2 is 2.10 bits per heavy atom. The van der Waals surface area contributed by atoms with Gasteiger partial charge in [-0.05, 0) is 57.7 Å². The van der Waals surface area contributed by atoms with E-state index in [4.69, 9.17) is 4.74 Å². The van der Waals surface area contributed by atoms with Crippen LogP contribution in [0, 0.1) is 0 Å². The van der Waals surface area contributed by atoms with Gasteiger partial charge in [-0.25, -0.2) is 4.79 Å². The Balaban J connectivity index is 1.83. The molecule has 0 atom stereocenters. The highest BCUT2D eigenvalue weighted by Gasteiger charge is 2.25. The number of halogens is 2. The minimum absolute atomic E-state index is 0.0685. The van der Waals surface area contributed by atoms with E-state index < -0.39 is 0 Å². The van der Waals surface area contributed by atoms with Crippen LogP contribution < -0.4 is 5.32 Å². The van der Waals surface area contributed by atoms with E-state index in [-0.39, 0.29) is 18.0 Å². The van der Waals surface area contributed by atoms with E-state index in [0.29, 0.717) is 24.6 Å². The molecule has 8 heteroatoms. The lowest BCUT2D eigenvalue weighted by Gasteiger charge is -2.31. The summed E-state index contributed by atoms with van der Waals surface area (Å²) in [7, 11) is 0. The molecule has 1 fully saturated rings. The first-order valence-corrected chi connectivity index (χ1v) is 9.09. The molecule has 0 unspecified atom stereocenters. The lowest BCUT2D eigenvalue weighted by atomic mass is 10.1. The van der Waals surface area contributed by atoms with E-state index in [9.17, 15) is 9.59 Å². The summed E-state index contributed by atoms with van der Waals surface area (Å²) < 4.78 is 6.77. The molecule has 0 aromatic carbocycles. The van der Waals surface area contributed by atoms with Gasteiger partial charge >= 0.3 is 6.09 Å². The number of thiophene rings is 1. The van der Waals surface area contributed by atoms with Gasteiger partial charge in [0.15, 0.2) is 0 Å². The normalized spacial score (nSPS) is 15.9. The number of amides is 2. The molecule has 0 bridgehead atoms. The van der Waals surface area contributed by atoms with Crippen LogP contribution >= 0.6 is 43.2 Å². The van der Waals surface area contributed by atoms with Crippen molar-refractivity contribution < 1.29 is 14.3 Å². The number of carbonyl (C=O) groups excluding carboxylic acids is 2. The number of nitrogens with one attached hydrogen (secondary N) is 1. The number of hydrogen-bond acceptors (Lipinski definition) is 4. The Bertz CT molecular complexity index is 508. The van der Waals surface area contributed by atoms with E-state index in [1.807, 2.05) is 0 Å². The average Bonchev–Trinajstić information content (AvgIpc) is 2.80. The van der Waals surface area contributed by atoms with Crippen LogP contribution in [-0.2, 0) is 4.74 Å². The topological polar surface area (TPSA) is 58.6 Å². The maximum absolute atomic E-state index is 12.1. The van der Waals surface area contributed by atoms with Gasteiger partial charge in [-0.3, -0.25) is 4.79 Å². The van der Waals surface area contributed by atoms with Crippen molar-refractivity contribution in [2.45, 2.75) is 25.8 Å². The van der Waals surface area contributed by atoms with Crippen LogP contribution in [0.25, 0.3) is 0 Å². The van der Waals surface area contributed by atoms with Crippen molar-refractivity contribution in [1.29, 1.82) is 0 Å². The van der Waals surface area contributed by atoms with E-state index >= 15 is 0 Å². The Morgan fingerprint density at radius 3 is 2.62 bits per heavy atom. The molecular weight excluding hydrogens is 424 g/mol. The number of nitrogens with zero attached hydrogens (tertiary/aromatic N) is 1. The van der Waals surface area contributed by atoms with Crippen LogP contribution in [0.15, 0.2) is 14.3 Å². The van der Waals surface area contributed by atoms with Gasteiger partial charge in [0, 0.05) is 23.6 Å². The zero-order valence-electron chi connectivity index (χ0n) is 11.5. The third-order valence-electron chi connectivity index (χ3n) is 3.23. The second-order valence-electron chi connectivity index (χ2n) is 4.67. The van der Waals surface area contributed by atoms with Gasteiger partial charge in [-0.2, -0.15) is 0 Å². The number of piperidine rings is 1. The summed E-state index contributed by atoms with van der Waals surface area (Å²) in [4.78, 5) is 26.1. The van der Waals surface area contributed by atoms with Crippen molar-refractivity contribution in [3.05, 3.63) is 19.2 Å². The van der Waals surface area contributed by atoms with Gasteiger partial charge in [0.1, 0.15) is 0 Å². The van der Waals surface area contributed by atoms with E-state index in [0.717, 1.165) is 21.1 Å². The van der Waals surface area contributed by atoms with E-state index in [1.165, 1.54) is 11.3 Å². The van der Waals surface area contributed by atoms with Crippen molar-refractivity contribution in [3.63, 3.8) is 0 Å². The molecule has 1 saturated heterocycles. The summed E-state index contributed by atoms with van der Waals surface area (Å²) in [6.07, 6.45) is 1.23. The minimum atomic E-state index is -0.270. The van der Waals surface area contributed by atoms with Crippen LogP contribution in [0.1, 0.15) is 29.4 Å². The lowest BCUT2D eigenvalue weighted by Crippen LogP contribution is -2.46. The predicted octanol–water partition coefficient (Wildman–Crippen LogP) is 3.62. The molecule has 2 rings (SSSR count). The molecule has 0 saturated carbocycles. The fraction of sp³-hybridized carbons (Fsp3) is 0.538. The van der Waals surface area contributed by atoms with Gasteiger partial charge in [0.2, 0.25) is 0 Å². The second-order valence-corrected chi connectivity index (χ2v) is 7.89. The fourth-order valence-electron chi connectivity index (χ4n) is 2.14. The minimum Gasteiger partial charge on any atom is -0.450 e. The summed E-state index contributed by atoms with van der Waals surface area (Å²) >= 11 is 8.15. The number of rotatable bonds is 3. The summed E-state index contributed by atoms with van der Waals surface area (Å²) in [5, 5.41) is 3.02. The summed E-state index contributed by atoms with van der Waals surface area (Å²) in [6, 6.07) is 1.90. The SMILES string of the molecule is CCOC(=O)N1CCC(NC(=O)c2cc(Br)c(Br)s2)CC1. The van der Waals surface area contributed by atoms with Gasteiger partial charge in [-0.1, -0.05) is 0 Å². The van der Waals surface area contributed by atoms with Crippen molar-refractivity contribution in [1.82, 2.24) is 10.2 Å².